The molecule has 1 aliphatic heterocycles. The molecule has 0 aromatic heterocycles. The van der Waals surface area contributed by atoms with E-state index in [1.807, 2.05) is 0 Å². The van der Waals surface area contributed by atoms with Gasteiger partial charge in [-0.3, -0.25) is 0 Å². The van der Waals surface area contributed by atoms with E-state index in [0.29, 0.717) is 0 Å². The summed E-state index contributed by atoms with van der Waals surface area (Å²) in [6.45, 7) is 1.61. The lowest BCUT2D eigenvalue weighted by Crippen LogP contribution is -2.26. The van der Waals surface area contributed by atoms with Crippen molar-refractivity contribution in [2.45, 2.75) is 63.8 Å². The first kappa shape index (κ1) is 14.6. The number of allylic oxidation sites excluding steroid dienone is 2. The van der Waals surface area contributed by atoms with Crippen molar-refractivity contribution in [2.75, 3.05) is 13.2 Å². The summed E-state index contributed by atoms with van der Waals surface area (Å²) >= 11 is 0. The van der Waals surface area contributed by atoms with Crippen LogP contribution in [0.1, 0.15) is 51.4 Å². The van der Waals surface area contributed by atoms with Gasteiger partial charge in [-0.05, 0) is 56.3 Å². The van der Waals surface area contributed by atoms with Crippen molar-refractivity contribution in [3.05, 3.63) is 12.2 Å². The number of rotatable bonds is 7. The number of hydrogen-bond donors (Lipinski definition) is 1. The molecule has 1 N–H and O–H groups in total. The van der Waals surface area contributed by atoms with E-state index in [1.54, 1.807) is 0 Å². The zero-order chi connectivity index (χ0) is 13.8. The van der Waals surface area contributed by atoms with Gasteiger partial charge in [0.05, 0.1) is 19.3 Å². The summed E-state index contributed by atoms with van der Waals surface area (Å²) in [5.74, 6) is 2.61. The van der Waals surface area contributed by atoms with Crippen molar-refractivity contribution in [2.24, 2.45) is 17.8 Å². The largest absolute Gasteiger partial charge is 0.393 e. The van der Waals surface area contributed by atoms with Gasteiger partial charge in [0.2, 0.25) is 0 Å². The Balaban J connectivity index is 1.25. The summed E-state index contributed by atoms with van der Waals surface area (Å²) in [6.07, 6.45) is 13.4. The molecule has 0 spiro atoms. The Morgan fingerprint density at radius 3 is 2.60 bits per heavy atom. The van der Waals surface area contributed by atoms with Crippen LogP contribution >= 0.6 is 0 Å². The van der Waals surface area contributed by atoms with Crippen molar-refractivity contribution in [3.8, 4) is 0 Å². The van der Waals surface area contributed by atoms with Crippen LogP contribution < -0.4 is 0 Å². The van der Waals surface area contributed by atoms with E-state index in [4.69, 9.17) is 9.47 Å². The van der Waals surface area contributed by atoms with Gasteiger partial charge < -0.3 is 14.6 Å². The van der Waals surface area contributed by atoms with Gasteiger partial charge in [0.1, 0.15) is 0 Å². The standard InChI is InChI=1S/C17H28O3/c18-16(7-8-17-19-9-2-10-20-17)4-1-3-14-11-13-5-6-15(14)12-13/h5-6,13-18H,1-4,7-12H2. The molecule has 4 unspecified atom stereocenters. The Morgan fingerprint density at radius 1 is 1.05 bits per heavy atom. The van der Waals surface area contributed by atoms with Crippen LogP contribution in [0, 0.1) is 17.8 Å². The molecule has 0 radical (unpaired) electrons. The summed E-state index contributed by atoms with van der Waals surface area (Å²) in [5, 5.41) is 10.1. The number of ether oxygens (including phenoxy) is 2. The molecule has 114 valence electrons. The van der Waals surface area contributed by atoms with Gasteiger partial charge in [0, 0.05) is 6.42 Å². The Hall–Kier alpha value is -0.380. The van der Waals surface area contributed by atoms with Gasteiger partial charge in [-0.15, -0.1) is 0 Å². The van der Waals surface area contributed by atoms with Gasteiger partial charge in [0.25, 0.3) is 0 Å². The zero-order valence-electron chi connectivity index (χ0n) is 12.4. The average molecular weight is 280 g/mol. The van der Waals surface area contributed by atoms with Crippen molar-refractivity contribution in [1.82, 2.24) is 0 Å². The van der Waals surface area contributed by atoms with E-state index >= 15 is 0 Å². The molecule has 0 aromatic carbocycles. The summed E-state index contributed by atoms with van der Waals surface area (Å²) in [4.78, 5) is 0. The molecule has 2 aliphatic carbocycles. The first-order valence-corrected chi connectivity index (χ1v) is 8.41. The fourth-order valence-corrected chi connectivity index (χ4v) is 4.02. The van der Waals surface area contributed by atoms with Crippen molar-refractivity contribution in [1.29, 1.82) is 0 Å². The van der Waals surface area contributed by atoms with E-state index < -0.39 is 0 Å². The van der Waals surface area contributed by atoms with Crippen LogP contribution in [0.15, 0.2) is 12.2 Å². The maximum Gasteiger partial charge on any atom is 0.157 e. The van der Waals surface area contributed by atoms with Crippen LogP contribution in [0.3, 0.4) is 0 Å². The molecule has 3 rings (SSSR count). The summed E-state index contributed by atoms with van der Waals surface area (Å²) in [5.41, 5.74) is 0. The topological polar surface area (TPSA) is 38.7 Å². The Morgan fingerprint density at radius 2 is 1.90 bits per heavy atom. The van der Waals surface area contributed by atoms with Crippen molar-refractivity contribution >= 4 is 0 Å². The molecule has 1 heterocycles. The summed E-state index contributed by atoms with van der Waals surface area (Å²) in [7, 11) is 0. The van der Waals surface area contributed by atoms with Gasteiger partial charge >= 0.3 is 0 Å². The highest BCUT2D eigenvalue weighted by Crippen LogP contribution is 2.45. The third-order valence-electron chi connectivity index (χ3n) is 5.16. The smallest absolute Gasteiger partial charge is 0.157 e. The van der Waals surface area contributed by atoms with Crippen LogP contribution in [-0.4, -0.2) is 30.7 Å². The van der Waals surface area contributed by atoms with E-state index in [1.165, 1.54) is 19.3 Å². The van der Waals surface area contributed by atoms with E-state index in [9.17, 15) is 5.11 Å². The molecule has 20 heavy (non-hydrogen) atoms. The lowest BCUT2D eigenvalue weighted by molar-refractivity contribution is -0.183. The minimum atomic E-state index is -0.182. The summed E-state index contributed by atoms with van der Waals surface area (Å²) < 4.78 is 11.0. The predicted molar refractivity (Wildman–Crippen MR) is 78.2 cm³/mol. The molecule has 3 nitrogen and oxygen atoms in total. The first-order valence-electron chi connectivity index (χ1n) is 8.41. The maximum absolute atomic E-state index is 10.1. The monoisotopic (exact) mass is 280 g/mol. The highest BCUT2D eigenvalue weighted by Gasteiger charge is 2.34. The SMILES string of the molecule is OC(CCCC1CC2C=CC1C2)CCC1OCCCO1. The fraction of sp³-hybridized carbons (Fsp3) is 0.882. The zero-order valence-corrected chi connectivity index (χ0v) is 12.4. The normalized spacial score (nSPS) is 34.8. The highest BCUT2D eigenvalue weighted by molar-refractivity contribution is 5.09. The minimum Gasteiger partial charge on any atom is -0.393 e. The molecule has 2 bridgehead atoms. The van der Waals surface area contributed by atoms with Crippen molar-refractivity contribution in [3.63, 3.8) is 0 Å². The molecule has 3 aliphatic rings. The Labute approximate surface area is 122 Å². The molecule has 2 fully saturated rings. The minimum absolute atomic E-state index is 0.0749. The third kappa shape index (κ3) is 3.84. The van der Waals surface area contributed by atoms with Gasteiger partial charge in [-0.1, -0.05) is 18.6 Å². The van der Waals surface area contributed by atoms with Gasteiger partial charge in [-0.25, -0.2) is 0 Å². The molecular weight excluding hydrogens is 252 g/mol. The highest BCUT2D eigenvalue weighted by atomic mass is 16.7. The fourth-order valence-electron chi connectivity index (χ4n) is 4.02. The molecule has 3 heteroatoms. The summed E-state index contributed by atoms with van der Waals surface area (Å²) in [6, 6.07) is 0. The average Bonchev–Trinajstić information content (AvgIpc) is 3.09. The van der Waals surface area contributed by atoms with Crippen LogP contribution in [0.2, 0.25) is 0 Å². The van der Waals surface area contributed by atoms with Gasteiger partial charge in [0.15, 0.2) is 6.29 Å². The van der Waals surface area contributed by atoms with Crippen LogP contribution in [0.5, 0.6) is 0 Å². The second-order valence-electron chi connectivity index (χ2n) is 6.73. The molecule has 0 amide bonds. The van der Waals surface area contributed by atoms with Gasteiger partial charge in [-0.2, -0.15) is 0 Å². The second kappa shape index (κ2) is 7.06. The lowest BCUT2D eigenvalue weighted by Gasteiger charge is -2.24. The Kier molecular flexibility index (Phi) is 5.14. The molecule has 0 aromatic rings. The van der Waals surface area contributed by atoms with E-state index in [0.717, 1.165) is 63.1 Å². The van der Waals surface area contributed by atoms with E-state index in [-0.39, 0.29) is 12.4 Å². The Bertz CT molecular complexity index is 322. The number of hydrogen-bond acceptors (Lipinski definition) is 3. The second-order valence-corrected chi connectivity index (χ2v) is 6.73. The number of aliphatic hydroxyl groups excluding tert-OH is 1. The first-order chi connectivity index (χ1) is 9.81. The van der Waals surface area contributed by atoms with Crippen molar-refractivity contribution < 1.29 is 14.6 Å². The molecule has 4 atom stereocenters. The lowest BCUT2D eigenvalue weighted by atomic mass is 9.88. The third-order valence-corrected chi connectivity index (χ3v) is 5.16. The molecule has 1 saturated carbocycles. The van der Waals surface area contributed by atoms with Crippen LogP contribution in [0.4, 0.5) is 0 Å². The maximum atomic E-state index is 10.1. The van der Waals surface area contributed by atoms with E-state index in [2.05, 4.69) is 12.2 Å². The predicted octanol–water partition coefficient (Wildman–Crippen LogP) is 3.27. The molecular formula is C17H28O3. The number of aliphatic hydroxyl groups is 1. The number of fused-ring (bicyclic) bond motifs is 2. The quantitative estimate of drug-likeness (QED) is 0.727. The molecule has 1 saturated heterocycles. The van der Waals surface area contributed by atoms with Crippen LogP contribution in [0.25, 0.3) is 0 Å². The van der Waals surface area contributed by atoms with Crippen LogP contribution in [-0.2, 0) is 9.47 Å².